The number of sulfone groups is 1. The van der Waals surface area contributed by atoms with Gasteiger partial charge >= 0.3 is 0 Å². The molecule has 1 heterocycles. The SMILES string of the molecule is O=C(Cn1cc(S(=O)(=O)Cc2ccc(Cl)cc2)c2ccccc21)Nc1ccc(Br)cc1. The zero-order valence-corrected chi connectivity index (χ0v) is 19.4. The van der Waals surface area contributed by atoms with Crippen LogP contribution >= 0.6 is 27.5 Å². The molecule has 1 aromatic heterocycles. The van der Waals surface area contributed by atoms with Crippen molar-refractivity contribution in [1.82, 2.24) is 4.57 Å². The van der Waals surface area contributed by atoms with Gasteiger partial charge in [0.1, 0.15) is 6.54 Å². The summed E-state index contributed by atoms with van der Waals surface area (Å²) in [6.07, 6.45) is 1.54. The molecule has 158 valence electrons. The standard InChI is InChI=1S/C23H18BrClN2O3S/c24-17-7-11-19(12-8-17)26-23(28)14-27-13-22(20-3-1-2-4-21(20)27)31(29,30)15-16-5-9-18(25)10-6-16/h1-13H,14-15H2,(H,26,28). The first kappa shape index (κ1) is 21.6. The maximum atomic E-state index is 13.2. The second kappa shape index (κ2) is 8.86. The summed E-state index contributed by atoms with van der Waals surface area (Å²) in [4.78, 5) is 12.8. The number of halogens is 2. The van der Waals surface area contributed by atoms with Crippen LogP contribution in [0.3, 0.4) is 0 Å². The Labute approximate surface area is 193 Å². The van der Waals surface area contributed by atoms with E-state index in [0.717, 1.165) is 4.47 Å². The van der Waals surface area contributed by atoms with Crippen LogP contribution in [0.25, 0.3) is 10.9 Å². The number of anilines is 1. The summed E-state index contributed by atoms with van der Waals surface area (Å²) in [6.45, 7) is -0.00690. The summed E-state index contributed by atoms with van der Waals surface area (Å²) >= 11 is 9.26. The molecule has 0 spiro atoms. The number of para-hydroxylation sites is 1. The van der Waals surface area contributed by atoms with Gasteiger partial charge in [0.25, 0.3) is 0 Å². The van der Waals surface area contributed by atoms with Crippen LogP contribution in [0.5, 0.6) is 0 Å². The molecule has 0 aliphatic heterocycles. The van der Waals surface area contributed by atoms with Gasteiger partial charge in [-0.05, 0) is 48.0 Å². The number of benzene rings is 3. The summed E-state index contributed by atoms with van der Waals surface area (Å²) in [5.41, 5.74) is 2.00. The zero-order valence-electron chi connectivity index (χ0n) is 16.3. The number of aromatic nitrogens is 1. The molecule has 0 saturated heterocycles. The van der Waals surface area contributed by atoms with E-state index in [1.54, 1.807) is 53.1 Å². The molecular weight excluding hydrogens is 500 g/mol. The third-order valence-electron chi connectivity index (χ3n) is 4.80. The third kappa shape index (κ3) is 5.01. The summed E-state index contributed by atoms with van der Waals surface area (Å²) in [5, 5.41) is 3.97. The lowest BCUT2D eigenvalue weighted by Crippen LogP contribution is -2.18. The van der Waals surface area contributed by atoms with E-state index >= 15 is 0 Å². The summed E-state index contributed by atoms with van der Waals surface area (Å²) in [7, 11) is -3.63. The molecule has 3 aromatic carbocycles. The number of nitrogens with zero attached hydrogens (tertiary/aromatic N) is 1. The fourth-order valence-electron chi connectivity index (χ4n) is 3.36. The number of hydrogen-bond acceptors (Lipinski definition) is 3. The molecule has 1 amide bonds. The van der Waals surface area contributed by atoms with Crippen LogP contribution in [-0.4, -0.2) is 18.9 Å². The topological polar surface area (TPSA) is 68.2 Å². The molecule has 5 nitrogen and oxygen atoms in total. The van der Waals surface area contributed by atoms with Crippen LogP contribution in [-0.2, 0) is 26.9 Å². The zero-order chi connectivity index (χ0) is 22.0. The Morgan fingerprint density at radius 1 is 0.968 bits per heavy atom. The second-order valence-corrected chi connectivity index (χ2v) is 10.4. The first-order chi connectivity index (χ1) is 14.8. The van der Waals surface area contributed by atoms with E-state index in [0.29, 0.717) is 27.2 Å². The van der Waals surface area contributed by atoms with Crippen molar-refractivity contribution in [2.24, 2.45) is 0 Å². The number of fused-ring (bicyclic) bond motifs is 1. The number of rotatable bonds is 6. The molecule has 1 N–H and O–H groups in total. The van der Waals surface area contributed by atoms with Crippen LogP contribution in [0.1, 0.15) is 5.56 Å². The molecule has 0 saturated carbocycles. The van der Waals surface area contributed by atoms with Crippen molar-refractivity contribution in [3.63, 3.8) is 0 Å². The highest BCUT2D eigenvalue weighted by molar-refractivity contribution is 9.10. The number of amides is 1. The second-order valence-electron chi connectivity index (χ2n) is 7.08. The number of carbonyl (C=O) groups is 1. The summed E-state index contributed by atoms with van der Waals surface area (Å²) in [5.74, 6) is -0.395. The van der Waals surface area contributed by atoms with Gasteiger partial charge in [-0.15, -0.1) is 0 Å². The molecule has 0 bridgehead atoms. The predicted molar refractivity (Wildman–Crippen MR) is 127 cm³/mol. The molecule has 4 aromatic rings. The average Bonchev–Trinajstić information content (AvgIpc) is 3.11. The first-order valence-electron chi connectivity index (χ1n) is 9.42. The van der Waals surface area contributed by atoms with E-state index in [2.05, 4.69) is 21.2 Å². The maximum Gasteiger partial charge on any atom is 0.244 e. The van der Waals surface area contributed by atoms with Crippen molar-refractivity contribution in [1.29, 1.82) is 0 Å². The van der Waals surface area contributed by atoms with Gasteiger partial charge in [-0.3, -0.25) is 4.79 Å². The Morgan fingerprint density at radius 2 is 1.65 bits per heavy atom. The van der Waals surface area contributed by atoms with E-state index in [9.17, 15) is 13.2 Å². The van der Waals surface area contributed by atoms with Crippen LogP contribution in [0.4, 0.5) is 5.69 Å². The number of carbonyl (C=O) groups excluding carboxylic acids is 1. The largest absolute Gasteiger partial charge is 0.337 e. The van der Waals surface area contributed by atoms with Gasteiger partial charge in [-0.25, -0.2) is 8.42 Å². The number of hydrogen-bond donors (Lipinski definition) is 1. The molecule has 0 aliphatic rings. The smallest absolute Gasteiger partial charge is 0.244 e. The van der Waals surface area contributed by atoms with Crippen molar-refractivity contribution in [2.45, 2.75) is 17.2 Å². The van der Waals surface area contributed by atoms with Gasteiger partial charge < -0.3 is 9.88 Å². The molecule has 0 atom stereocenters. The highest BCUT2D eigenvalue weighted by Gasteiger charge is 2.22. The van der Waals surface area contributed by atoms with Gasteiger partial charge in [-0.2, -0.15) is 0 Å². The highest BCUT2D eigenvalue weighted by atomic mass is 79.9. The van der Waals surface area contributed by atoms with Crippen LogP contribution in [0.2, 0.25) is 5.02 Å². The van der Waals surface area contributed by atoms with Crippen LogP contribution in [0, 0.1) is 0 Å². The molecule has 0 aliphatic carbocycles. The van der Waals surface area contributed by atoms with Crippen molar-refractivity contribution >= 4 is 59.9 Å². The Morgan fingerprint density at radius 3 is 2.35 bits per heavy atom. The molecule has 8 heteroatoms. The quantitative estimate of drug-likeness (QED) is 0.358. The van der Waals surface area contributed by atoms with Crippen molar-refractivity contribution in [3.05, 3.63) is 94.1 Å². The van der Waals surface area contributed by atoms with Crippen molar-refractivity contribution in [2.75, 3.05) is 5.32 Å². The van der Waals surface area contributed by atoms with E-state index < -0.39 is 9.84 Å². The van der Waals surface area contributed by atoms with E-state index in [4.69, 9.17) is 11.6 Å². The molecule has 0 radical (unpaired) electrons. The first-order valence-corrected chi connectivity index (χ1v) is 12.2. The van der Waals surface area contributed by atoms with Gasteiger partial charge in [0, 0.05) is 32.3 Å². The van der Waals surface area contributed by atoms with E-state index in [1.807, 2.05) is 24.3 Å². The molecule has 4 rings (SSSR count). The van der Waals surface area contributed by atoms with Crippen LogP contribution in [0.15, 0.2) is 88.4 Å². The molecule has 0 unspecified atom stereocenters. The Bertz CT molecular complexity index is 1350. The van der Waals surface area contributed by atoms with Gasteiger partial charge in [0.15, 0.2) is 9.84 Å². The average molecular weight is 518 g/mol. The lowest BCUT2D eigenvalue weighted by atomic mass is 10.2. The minimum atomic E-state index is -3.63. The molecular formula is C23H18BrClN2O3S. The third-order valence-corrected chi connectivity index (χ3v) is 7.29. The highest BCUT2D eigenvalue weighted by Crippen LogP contribution is 2.28. The summed E-state index contributed by atoms with van der Waals surface area (Å²) < 4.78 is 28.9. The normalized spacial score (nSPS) is 11.5. The monoisotopic (exact) mass is 516 g/mol. The Balaban J connectivity index is 1.63. The minimum Gasteiger partial charge on any atom is -0.337 e. The fraction of sp³-hybridized carbons (Fsp3) is 0.0870. The Hall–Kier alpha value is -2.61. The number of nitrogens with one attached hydrogen (secondary N) is 1. The minimum absolute atomic E-state index is 0.00690. The van der Waals surface area contributed by atoms with Gasteiger partial charge in [0.2, 0.25) is 5.91 Å². The Kier molecular flexibility index (Phi) is 6.18. The maximum absolute atomic E-state index is 13.2. The van der Waals surface area contributed by atoms with Crippen molar-refractivity contribution < 1.29 is 13.2 Å². The lowest BCUT2D eigenvalue weighted by molar-refractivity contribution is -0.116. The lowest BCUT2D eigenvalue weighted by Gasteiger charge is -2.07. The summed E-state index contributed by atoms with van der Waals surface area (Å²) in [6, 6.07) is 21.2. The molecule has 0 fully saturated rings. The van der Waals surface area contributed by atoms with E-state index in [1.165, 1.54) is 6.20 Å². The van der Waals surface area contributed by atoms with Crippen LogP contribution < -0.4 is 5.32 Å². The van der Waals surface area contributed by atoms with Crippen molar-refractivity contribution in [3.8, 4) is 0 Å². The molecule has 31 heavy (non-hydrogen) atoms. The van der Waals surface area contributed by atoms with Gasteiger partial charge in [0.05, 0.1) is 10.6 Å². The van der Waals surface area contributed by atoms with Gasteiger partial charge in [-0.1, -0.05) is 57.9 Å². The predicted octanol–water partition coefficient (Wildman–Crippen LogP) is 5.67. The fourth-order valence-corrected chi connectivity index (χ4v) is 5.33. The van der Waals surface area contributed by atoms with E-state index in [-0.39, 0.29) is 23.1 Å².